The van der Waals surface area contributed by atoms with Crippen molar-refractivity contribution < 1.29 is 27.4 Å². The number of ether oxygens (including phenoxy) is 3. The average molecular weight is 451 g/mol. The molecule has 9 heteroatoms. The first-order valence-electron chi connectivity index (χ1n) is 10.1. The Morgan fingerprint density at radius 1 is 1.00 bits per heavy atom. The molecule has 2 aromatic carbocycles. The molecule has 0 unspecified atom stereocenters. The van der Waals surface area contributed by atoms with Crippen LogP contribution in [0.25, 0.3) is 0 Å². The summed E-state index contributed by atoms with van der Waals surface area (Å²) in [4.78, 5) is 12.2. The summed E-state index contributed by atoms with van der Waals surface area (Å²) in [6.07, 6.45) is 0.842. The van der Waals surface area contributed by atoms with E-state index < -0.39 is 10.0 Å². The topological polar surface area (TPSA) is 103 Å². The van der Waals surface area contributed by atoms with E-state index in [2.05, 4.69) is 10.0 Å². The fraction of sp³-hybridized carbons (Fsp3) is 0.409. The summed E-state index contributed by atoms with van der Waals surface area (Å²) in [6.45, 7) is 3.47. The summed E-state index contributed by atoms with van der Waals surface area (Å²) < 4.78 is 42.5. The van der Waals surface area contributed by atoms with Gasteiger partial charge in [0.1, 0.15) is 11.5 Å². The zero-order valence-electron chi connectivity index (χ0n) is 17.9. The number of hydrogen-bond donors (Lipinski definition) is 2. The molecule has 0 radical (unpaired) electrons. The van der Waals surface area contributed by atoms with Crippen molar-refractivity contribution in [3.05, 3.63) is 54.1 Å². The molecule has 2 N–H and O–H groups in total. The number of hydrogen-bond acceptors (Lipinski definition) is 6. The lowest BCUT2D eigenvalue weighted by atomic mass is 10.2. The molecule has 2 aromatic rings. The van der Waals surface area contributed by atoms with E-state index in [1.54, 1.807) is 24.3 Å². The van der Waals surface area contributed by atoms with E-state index in [9.17, 15) is 13.2 Å². The highest BCUT2D eigenvalue weighted by molar-refractivity contribution is 7.88. The van der Waals surface area contributed by atoms with Gasteiger partial charge in [0.15, 0.2) is 0 Å². The second kappa shape index (κ2) is 12.9. The molecule has 0 aliphatic heterocycles. The van der Waals surface area contributed by atoms with Gasteiger partial charge in [-0.25, -0.2) is 13.1 Å². The summed E-state index contributed by atoms with van der Waals surface area (Å²) >= 11 is 0. The maximum Gasteiger partial charge on any atom is 0.224 e. The van der Waals surface area contributed by atoms with Gasteiger partial charge in [0.25, 0.3) is 0 Å². The minimum absolute atomic E-state index is 0.159. The Labute approximate surface area is 184 Å². The highest BCUT2D eigenvalue weighted by Gasteiger charge is 2.12. The van der Waals surface area contributed by atoms with Crippen LogP contribution < -0.4 is 19.5 Å². The Morgan fingerprint density at radius 2 is 1.71 bits per heavy atom. The van der Waals surface area contributed by atoms with Gasteiger partial charge in [-0.15, -0.1) is 0 Å². The van der Waals surface area contributed by atoms with E-state index in [0.29, 0.717) is 37.5 Å². The monoisotopic (exact) mass is 450 g/mol. The fourth-order valence-corrected chi connectivity index (χ4v) is 3.87. The van der Waals surface area contributed by atoms with Crippen molar-refractivity contribution in [1.82, 2.24) is 4.72 Å². The Hall–Kier alpha value is -2.62. The lowest BCUT2D eigenvalue weighted by molar-refractivity contribution is -0.116. The number of sulfonamides is 1. The third-order valence-corrected chi connectivity index (χ3v) is 5.50. The first kappa shape index (κ1) is 24.6. The summed E-state index contributed by atoms with van der Waals surface area (Å²) in [5.41, 5.74) is 1.14. The highest BCUT2D eigenvalue weighted by atomic mass is 32.2. The van der Waals surface area contributed by atoms with Crippen molar-refractivity contribution in [2.24, 2.45) is 0 Å². The molecule has 8 nitrogen and oxygen atoms in total. The van der Waals surface area contributed by atoms with Gasteiger partial charge in [-0.3, -0.25) is 4.79 Å². The number of amides is 1. The van der Waals surface area contributed by atoms with Crippen LogP contribution in [-0.4, -0.2) is 47.8 Å². The number of rotatable bonds is 14. The number of anilines is 1. The van der Waals surface area contributed by atoms with Crippen molar-refractivity contribution in [1.29, 1.82) is 0 Å². The Bertz CT molecular complexity index is 916. The first-order valence-corrected chi connectivity index (χ1v) is 11.8. The average Bonchev–Trinajstić information content (AvgIpc) is 2.72. The first-order chi connectivity index (χ1) is 14.9. The molecule has 0 bridgehead atoms. The van der Waals surface area contributed by atoms with Crippen molar-refractivity contribution >= 4 is 21.6 Å². The van der Waals surface area contributed by atoms with Crippen LogP contribution in [0.5, 0.6) is 11.5 Å². The quantitative estimate of drug-likeness (QED) is 0.429. The Morgan fingerprint density at radius 3 is 2.39 bits per heavy atom. The predicted octanol–water partition coefficient (Wildman–Crippen LogP) is 2.95. The summed E-state index contributed by atoms with van der Waals surface area (Å²) in [5.74, 6) is 1.18. The summed E-state index contributed by atoms with van der Waals surface area (Å²) in [6, 6.07) is 14.1. The van der Waals surface area contributed by atoms with E-state index in [-0.39, 0.29) is 24.6 Å². The van der Waals surface area contributed by atoms with Crippen LogP contribution in [0.1, 0.15) is 25.3 Å². The largest absolute Gasteiger partial charge is 0.494 e. The van der Waals surface area contributed by atoms with E-state index in [4.69, 9.17) is 14.2 Å². The summed E-state index contributed by atoms with van der Waals surface area (Å²) in [5, 5.41) is 2.79. The molecule has 0 saturated carbocycles. The van der Waals surface area contributed by atoms with Gasteiger partial charge in [0.2, 0.25) is 15.9 Å². The highest BCUT2D eigenvalue weighted by Crippen LogP contribution is 2.18. The zero-order valence-corrected chi connectivity index (χ0v) is 18.7. The summed E-state index contributed by atoms with van der Waals surface area (Å²) in [7, 11) is -1.96. The van der Waals surface area contributed by atoms with E-state index in [0.717, 1.165) is 11.5 Å². The van der Waals surface area contributed by atoms with Crippen LogP contribution in [0.4, 0.5) is 5.69 Å². The standard InChI is InChI=1S/C22H30N2O6S/c1-3-29-20-9-11-21(12-10-20)30-14-5-8-22(25)24-19-7-4-6-18(16-19)17-31(26,27)23-13-15-28-2/h4,6-7,9-12,16,23H,3,5,8,13-15,17H2,1-2H3,(H,24,25). The second-order valence-corrected chi connectivity index (χ2v) is 8.56. The van der Waals surface area contributed by atoms with Crippen molar-refractivity contribution in [3.63, 3.8) is 0 Å². The lowest BCUT2D eigenvalue weighted by Crippen LogP contribution is -2.28. The maximum atomic E-state index is 12.2. The molecule has 0 atom stereocenters. The van der Waals surface area contributed by atoms with Gasteiger partial charge in [-0.1, -0.05) is 12.1 Å². The number of carbonyl (C=O) groups excluding carboxylic acids is 1. The van der Waals surface area contributed by atoms with E-state index in [1.165, 1.54) is 7.11 Å². The van der Waals surface area contributed by atoms with Crippen LogP contribution in [0.2, 0.25) is 0 Å². The minimum atomic E-state index is -3.47. The second-order valence-electron chi connectivity index (χ2n) is 6.75. The smallest absolute Gasteiger partial charge is 0.224 e. The van der Waals surface area contributed by atoms with Gasteiger partial charge in [-0.2, -0.15) is 0 Å². The molecule has 2 rings (SSSR count). The van der Waals surface area contributed by atoms with Gasteiger partial charge in [0.05, 0.1) is 25.6 Å². The van der Waals surface area contributed by atoms with Crippen molar-refractivity contribution in [2.45, 2.75) is 25.5 Å². The number of carbonyl (C=O) groups is 1. The van der Waals surface area contributed by atoms with E-state index in [1.807, 2.05) is 31.2 Å². The SMILES string of the molecule is CCOc1ccc(OCCCC(=O)Nc2cccc(CS(=O)(=O)NCCOC)c2)cc1. The number of methoxy groups -OCH3 is 1. The van der Waals surface area contributed by atoms with Crippen LogP contribution in [-0.2, 0) is 25.3 Å². The minimum Gasteiger partial charge on any atom is -0.494 e. The molecule has 0 heterocycles. The molecule has 31 heavy (non-hydrogen) atoms. The van der Waals surface area contributed by atoms with E-state index >= 15 is 0 Å². The fourth-order valence-electron chi connectivity index (χ4n) is 2.75. The molecular formula is C22H30N2O6S. The van der Waals surface area contributed by atoms with Gasteiger partial charge in [0, 0.05) is 25.8 Å². The molecule has 0 saturated heterocycles. The molecule has 0 spiro atoms. The molecule has 170 valence electrons. The van der Waals surface area contributed by atoms with Crippen molar-refractivity contribution in [3.8, 4) is 11.5 Å². The Kier molecular flexibility index (Phi) is 10.3. The molecular weight excluding hydrogens is 420 g/mol. The maximum absolute atomic E-state index is 12.2. The normalized spacial score (nSPS) is 11.2. The van der Waals surface area contributed by atoms with Crippen LogP contribution in [0, 0.1) is 0 Å². The van der Waals surface area contributed by atoms with Gasteiger partial charge >= 0.3 is 0 Å². The third kappa shape index (κ3) is 9.82. The van der Waals surface area contributed by atoms with Gasteiger partial charge < -0.3 is 19.5 Å². The molecule has 0 aromatic heterocycles. The van der Waals surface area contributed by atoms with Crippen molar-refractivity contribution in [2.75, 3.05) is 38.8 Å². The number of benzene rings is 2. The zero-order chi connectivity index (χ0) is 22.5. The van der Waals surface area contributed by atoms with Crippen LogP contribution >= 0.6 is 0 Å². The molecule has 0 fully saturated rings. The third-order valence-electron chi connectivity index (χ3n) is 4.15. The van der Waals surface area contributed by atoms with Crippen LogP contribution in [0.3, 0.4) is 0 Å². The Balaban J connectivity index is 1.74. The predicted molar refractivity (Wildman–Crippen MR) is 120 cm³/mol. The molecule has 0 aliphatic carbocycles. The molecule has 1 amide bonds. The molecule has 0 aliphatic rings. The van der Waals surface area contributed by atoms with Gasteiger partial charge in [-0.05, 0) is 55.3 Å². The lowest BCUT2D eigenvalue weighted by Gasteiger charge is -2.10. The van der Waals surface area contributed by atoms with Crippen LogP contribution in [0.15, 0.2) is 48.5 Å². The number of nitrogens with one attached hydrogen (secondary N) is 2.